The average Bonchev–Trinajstić information content (AvgIpc) is 3.03. The van der Waals surface area contributed by atoms with Gasteiger partial charge >= 0.3 is 0 Å². The summed E-state index contributed by atoms with van der Waals surface area (Å²) < 4.78 is 39.2. The first-order chi connectivity index (χ1) is 20.9. The zero-order chi connectivity index (χ0) is 32.4. The minimum Gasteiger partial charge on any atom is -0.497 e. The van der Waals surface area contributed by atoms with E-state index < -0.39 is 28.1 Å². The molecule has 44 heavy (non-hydrogen) atoms. The minimum atomic E-state index is -3.99. The van der Waals surface area contributed by atoms with E-state index in [4.69, 9.17) is 9.47 Å². The highest BCUT2D eigenvalue weighted by molar-refractivity contribution is 7.89. The Hall–Kier alpha value is -3.93. The molecule has 2 atom stereocenters. The van der Waals surface area contributed by atoms with E-state index >= 15 is 0 Å². The second kappa shape index (κ2) is 15.7. The molecule has 0 aromatic heterocycles. The lowest BCUT2D eigenvalue weighted by Gasteiger charge is -2.31. The summed E-state index contributed by atoms with van der Waals surface area (Å²) in [6, 6.07) is 19.1. The van der Waals surface area contributed by atoms with E-state index in [1.54, 1.807) is 25.2 Å². The molecule has 0 radical (unpaired) electrons. The van der Waals surface area contributed by atoms with Crippen molar-refractivity contribution in [1.82, 2.24) is 14.5 Å². The lowest BCUT2D eigenvalue weighted by atomic mass is 10.00. The van der Waals surface area contributed by atoms with E-state index in [2.05, 4.69) is 5.32 Å². The number of aliphatic hydroxyl groups is 1. The average molecular weight is 626 g/mol. The third-order valence-electron chi connectivity index (χ3n) is 7.21. The van der Waals surface area contributed by atoms with Crippen molar-refractivity contribution in [1.29, 1.82) is 0 Å². The van der Waals surface area contributed by atoms with Crippen LogP contribution in [0.1, 0.15) is 47.1 Å². The zero-order valence-corrected chi connectivity index (χ0v) is 27.0. The Labute approximate surface area is 260 Å². The Bertz CT molecular complexity index is 1500. The van der Waals surface area contributed by atoms with Crippen LogP contribution in [0.2, 0.25) is 0 Å². The van der Waals surface area contributed by atoms with Crippen molar-refractivity contribution in [3.63, 3.8) is 0 Å². The van der Waals surface area contributed by atoms with Crippen LogP contribution in [0, 0.1) is 5.92 Å². The molecule has 10 nitrogen and oxygen atoms in total. The number of carbonyl (C=O) groups excluding carboxylic acids is 2. The van der Waals surface area contributed by atoms with E-state index in [1.165, 1.54) is 47.7 Å². The van der Waals surface area contributed by atoms with Crippen molar-refractivity contribution in [3.8, 4) is 11.5 Å². The summed E-state index contributed by atoms with van der Waals surface area (Å²) in [6.45, 7) is 6.01. The van der Waals surface area contributed by atoms with Gasteiger partial charge in [-0.3, -0.25) is 9.59 Å². The molecule has 0 heterocycles. The molecule has 2 amide bonds. The number of sulfonamides is 1. The van der Waals surface area contributed by atoms with Crippen LogP contribution in [-0.4, -0.2) is 87.6 Å². The van der Waals surface area contributed by atoms with Crippen LogP contribution in [0.15, 0.2) is 77.7 Å². The molecule has 11 heteroatoms. The molecule has 0 spiro atoms. The van der Waals surface area contributed by atoms with Gasteiger partial charge in [0.05, 0.1) is 31.3 Å². The van der Waals surface area contributed by atoms with E-state index in [1.807, 2.05) is 51.1 Å². The molecule has 0 aliphatic rings. The monoisotopic (exact) mass is 625 g/mol. The number of ether oxygens (including phenoxy) is 2. The molecule has 3 rings (SSSR count). The van der Waals surface area contributed by atoms with Gasteiger partial charge < -0.3 is 24.8 Å². The van der Waals surface area contributed by atoms with E-state index in [-0.39, 0.29) is 47.4 Å². The van der Waals surface area contributed by atoms with Gasteiger partial charge in [0.2, 0.25) is 10.0 Å². The van der Waals surface area contributed by atoms with Crippen LogP contribution in [0.25, 0.3) is 0 Å². The summed E-state index contributed by atoms with van der Waals surface area (Å²) in [5, 5.41) is 14.5. The molecule has 238 valence electrons. The first kappa shape index (κ1) is 34.6. The summed E-state index contributed by atoms with van der Waals surface area (Å²) in [7, 11) is 0.619. The maximum absolute atomic E-state index is 13.7. The van der Waals surface area contributed by atoms with Crippen LogP contribution < -0.4 is 14.8 Å². The second-order valence-corrected chi connectivity index (χ2v) is 12.9. The van der Waals surface area contributed by atoms with Crippen molar-refractivity contribution in [2.75, 3.05) is 40.9 Å². The maximum atomic E-state index is 13.7. The molecule has 0 fully saturated rings. The highest BCUT2D eigenvalue weighted by Crippen LogP contribution is 2.23. The smallest absolute Gasteiger partial charge is 0.253 e. The van der Waals surface area contributed by atoms with Gasteiger partial charge in [0.1, 0.15) is 11.5 Å². The molecule has 3 aromatic rings. The number of aliphatic hydroxyl groups excluding tert-OH is 1. The van der Waals surface area contributed by atoms with E-state index in [9.17, 15) is 23.1 Å². The summed E-state index contributed by atoms with van der Waals surface area (Å²) in [6.07, 6.45) is -1.04. The van der Waals surface area contributed by atoms with Crippen molar-refractivity contribution < 1.29 is 32.6 Å². The number of nitrogens with one attached hydrogen (secondary N) is 1. The maximum Gasteiger partial charge on any atom is 0.253 e. The molecular formula is C33H43N3O7S. The highest BCUT2D eigenvalue weighted by atomic mass is 32.2. The lowest BCUT2D eigenvalue weighted by Crippen LogP contribution is -2.51. The van der Waals surface area contributed by atoms with E-state index in [0.29, 0.717) is 18.0 Å². The van der Waals surface area contributed by atoms with E-state index in [0.717, 1.165) is 5.56 Å². The predicted molar refractivity (Wildman–Crippen MR) is 170 cm³/mol. The molecule has 0 aliphatic heterocycles. The molecule has 0 aliphatic carbocycles. The standard InChI is InChI=1S/C33H43N3O7S/c1-7-35(4)33(39)26-18-25(19-28(20-26)43-6)32(38)34-30(17-24-11-9-8-10-12-24)31(37)22-36(21-23(2)3)44(40,41)29-15-13-27(42-5)14-16-29/h8-16,18-20,23,30-31,37H,7,17,21-22H2,1-6H3,(H,34,38)/t30-,31+/m0/s1. The van der Waals surface area contributed by atoms with Gasteiger partial charge in [-0.2, -0.15) is 4.31 Å². The van der Waals surface area contributed by atoms with Gasteiger partial charge in [0, 0.05) is 37.8 Å². The topological polar surface area (TPSA) is 125 Å². The molecule has 3 aromatic carbocycles. The Morgan fingerprint density at radius 1 is 0.886 bits per heavy atom. The molecule has 0 bridgehead atoms. The lowest BCUT2D eigenvalue weighted by molar-refractivity contribution is 0.0775. The van der Waals surface area contributed by atoms with Gasteiger partial charge in [0.25, 0.3) is 11.8 Å². The molecule has 0 saturated heterocycles. The predicted octanol–water partition coefficient (Wildman–Crippen LogP) is 3.84. The molecule has 0 unspecified atom stereocenters. The van der Waals surface area contributed by atoms with Gasteiger partial charge in [-0.25, -0.2) is 8.42 Å². The fraction of sp³-hybridized carbons (Fsp3) is 0.394. The van der Waals surface area contributed by atoms with Gasteiger partial charge in [-0.1, -0.05) is 44.2 Å². The Balaban J connectivity index is 1.95. The fourth-order valence-corrected chi connectivity index (χ4v) is 6.27. The normalized spacial score (nSPS) is 12.9. The number of carbonyl (C=O) groups is 2. The van der Waals surface area contributed by atoms with Crippen LogP contribution in [0.5, 0.6) is 11.5 Å². The summed E-state index contributed by atoms with van der Waals surface area (Å²) in [5.74, 6) is 0.0133. The van der Waals surface area contributed by atoms with Crippen molar-refractivity contribution >= 4 is 21.8 Å². The highest BCUT2D eigenvalue weighted by Gasteiger charge is 2.32. The minimum absolute atomic E-state index is 0.0358. The number of amides is 2. The van der Waals surface area contributed by atoms with Crippen LogP contribution >= 0.6 is 0 Å². The molecule has 2 N–H and O–H groups in total. The number of benzene rings is 3. The Kier molecular flexibility index (Phi) is 12.3. The number of hydrogen-bond donors (Lipinski definition) is 2. The number of hydrogen-bond acceptors (Lipinski definition) is 7. The summed E-state index contributed by atoms with van der Waals surface area (Å²) in [5.41, 5.74) is 1.30. The summed E-state index contributed by atoms with van der Waals surface area (Å²) in [4.78, 5) is 28.1. The summed E-state index contributed by atoms with van der Waals surface area (Å²) >= 11 is 0. The molecule has 0 saturated carbocycles. The van der Waals surface area contributed by atoms with Gasteiger partial charge in [-0.05, 0) is 67.3 Å². The van der Waals surface area contributed by atoms with Gasteiger partial charge in [-0.15, -0.1) is 0 Å². The fourth-order valence-electron chi connectivity index (χ4n) is 4.65. The van der Waals surface area contributed by atoms with Crippen molar-refractivity contribution in [3.05, 3.63) is 89.5 Å². The first-order valence-electron chi connectivity index (χ1n) is 14.5. The van der Waals surface area contributed by atoms with Crippen molar-refractivity contribution in [2.45, 2.75) is 44.2 Å². The first-order valence-corrected chi connectivity index (χ1v) is 15.9. The van der Waals surface area contributed by atoms with Crippen molar-refractivity contribution in [2.24, 2.45) is 5.92 Å². The van der Waals surface area contributed by atoms with Gasteiger partial charge in [0.15, 0.2) is 0 Å². The third-order valence-corrected chi connectivity index (χ3v) is 9.05. The Morgan fingerprint density at radius 3 is 2.07 bits per heavy atom. The van der Waals surface area contributed by atoms with Crippen LogP contribution in [0.3, 0.4) is 0 Å². The van der Waals surface area contributed by atoms with Crippen LogP contribution in [0.4, 0.5) is 0 Å². The number of rotatable bonds is 15. The SMILES string of the molecule is CCN(C)C(=O)c1cc(OC)cc(C(=O)N[C@@H](Cc2ccccc2)[C@H](O)CN(CC(C)C)S(=O)(=O)c2ccc(OC)cc2)c1. The second-order valence-electron chi connectivity index (χ2n) is 11.0. The Morgan fingerprint density at radius 2 is 1.50 bits per heavy atom. The molecular weight excluding hydrogens is 582 g/mol. The number of nitrogens with zero attached hydrogens (tertiary/aromatic N) is 2. The third kappa shape index (κ3) is 9.04. The van der Waals surface area contributed by atoms with Crippen LogP contribution in [-0.2, 0) is 16.4 Å². The quantitative estimate of drug-likeness (QED) is 0.263. The number of methoxy groups -OCH3 is 2. The largest absolute Gasteiger partial charge is 0.497 e. The zero-order valence-electron chi connectivity index (χ0n) is 26.2.